The summed E-state index contributed by atoms with van der Waals surface area (Å²) in [5.41, 5.74) is -2.03. The number of carbonyl (C=O) groups excluding carboxylic acids is 5. The maximum atomic E-state index is 12.9. The van der Waals surface area contributed by atoms with E-state index in [1.165, 1.54) is 64.2 Å². The van der Waals surface area contributed by atoms with Crippen LogP contribution in [0.15, 0.2) is 0 Å². The summed E-state index contributed by atoms with van der Waals surface area (Å²) >= 11 is 0. The summed E-state index contributed by atoms with van der Waals surface area (Å²) in [6.07, 6.45) is 18.3. The van der Waals surface area contributed by atoms with Crippen LogP contribution in [0.1, 0.15) is 204 Å². The number of esters is 3. The number of hydrogen-bond donors (Lipinski definition) is 3. The standard InChI is InChI=1S/C42H76N2O10/c1-40(2,3)52-37(49)27-25-23-21-19-17-15-13-11-10-12-14-16-18-20-22-24-26-34(45)43-32(38(50)53-41(4,5)6)28-30-35(46)44-33(29-31-36(47)48)39(51)54-42(7,8)9/h32-33H,10-31H2,1-9H3,(H,43,45)(H,44,46)(H,47,48)/t32-,33?/m0/s1. The normalized spacial score (nSPS) is 13.1. The van der Waals surface area contributed by atoms with Gasteiger partial charge in [0.15, 0.2) is 0 Å². The highest BCUT2D eigenvalue weighted by molar-refractivity contribution is 5.87. The number of rotatable bonds is 29. The number of carboxylic acid groups (broad SMARTS) is 1. The summed E-state index contributed by atoms with van der Waals surface area (Å²) in [7, 11) is 0. The summed E-state index contributed by atoms with van der Waals surface area (Å²) in [5.74, 6) is -3.47. The van der Waals surface area contributed by atoms with Crippen molar-refractivity contribution < 1.29 is 48.1 Å². The second kappa shape index (κ2) is 27.4. The molecule has 314 valence electrons. The fourth-order valence-corrected chi connectivity index (χ4v) is 5.74. The molecular formula is C42H76N2O10. The van der Waals surface area contributed by atoms with Gasteiger partial charge in [-0.1, -0.05) is 89.9 Å². The maximum absolute atomic E-state index is 12.9. The molecule has 3 N–H and O–H groups in total. The van der Waals surface area contributed by atoms with Crippen LogP contribution in [0.3, 0.4) is 0 Å². The van der Waals surface area contributed by atoms with E-state index in [9.17, 15) is 28.8 Å². The molecule has 0 spiro atoms. The SMILES string of the molecule is CC(C)(C)OC(=O)CCCCCCCCCCCCCCCCCCC(=O)N[C@@H](CCC(=O)NC(CCC(=O)O)C(=O)OC(C)(C)C)C(=O)OC(C)(C)C. The Morgan fingerprint density at radius 3 is 1.06 bits per heavy atom. The first-order valence-electron chi connectivity index (χ1n) is 20.6. The number of hydrogen-bond acceptors (Lipinski definition) is 9. The third kappa shape index (κ3) is 32.3. The lowest BCUT2D eigenvalue weighted by Gasteiger charge is -2.25. The molecule has 0 aliphatic rings. The summed E-state index contributed by atoms with van der Waals surface area (Å²) in [4.78, 5) is 74.0. The van der Waals surface area contributed by atoms with E-state index >= 15 is 0 Å². The highest BCUT2D eigenvalue weighted by Crippen LogP contribution is 2.17. The van der Waals surface area contributed by atoms with Gasteiger partial charge in [-0.25, -0.2) is 9.59 Å². The Morgan fingerprint density at radius 2 is 0.722 bits per heavy atom. The van der Waals surface area contributed by atoms with Crippen LogP contribution in [0, 0.1) is 0 Å². The summed E-state index contributed by atoms with van der Waals surface area (Å²) in [6, 6.07) is -2.21. The largest absolute Gasteiger partial charge is 0.481 e. The monoisotopic (exact) mass is 769 g/mol. The molecule has 0 saturated heterocycles. The van der Waals surface area contributed by atoms with Gasteiger partial charge in [0.05, 0.1) is 0 Å². The first-order valence-corrected chi connectivity index (χ1v) is 20.6. The van der Waals surface area contributed by atoms with Gasteiger partial charge in [0, 0.05) is 25.7 Å². The van der Waals surface area contributed by atoms with Crippen LogP contribution in [-0.2, 0) is 43.0 Å². The van der Waals surface area contributed by atoms with Crippen molar-refractivity contribution in [1.82, 2.24) is 10.6 Å². The van der Waals surface area contributed by atoms with Gasteiger partial charge in [-0.05, 0) is 88.0 Å². The Hall–Kier alpha value is -3.18. The third-order valence-electron chi connectivity index (χ3n) is 8.31. The van der Waals surface area contributed by atoms with Crippen molar-refractivity contribution in [2.24, 2.45) is 0 Å². The van der Waals surface area contributed by atoms with Crippen LogP contribution in [0.2, 0.25) is 0 Å². The van der Waals surface area contributed by atoms with Crippen molar-refractivity contribution in [2.45, 2.75) is 232 Å². The van der Waals surface area contributed by atoms with Gasteiger partial charge >= 0.3 is 23.9 Å². The summed E-state index contributed by atoms with van der Waals surface area (Å²) < 4.78 is 16.2. The molecule has 0 aromatic carbocycles. The van der Waals surface area contributed by atoms with E-state index in [0.717, 1.165) is 32.1 Å². The van der Waals surface area contributed by atoms with Crippen LogP contribution in [0.4, 0.5) is 0 Å². The van der Waals surface area contributed by atoms with Gasteiger partial charge < -0.3 is 30.0 Å². The van der Waals surface area contributed by atoms with E-state index in [4.69, 9.17) is 19.3 Å². The van der Waals surface area contributed by atoms with Crippen LogP contribution < -0.4 is 10.6 Å². The van der Waals surface area contributed by atoms with Gasteiger partial charge in [-0.3, -0.25) is 19.2 Å². The molecule has 12 heteroatoms. The molecule has 0 rings (SSSR count). The smallest absolute Gasteiger partial charge is 0.329 e. The maximum Gasteiger partial charge on any atom is 0.329 e. The number of carbonyl (C=O) groups is 6. The Bertz CT molecular complexity index is 1120. The lowest BCUT2D eigenvalue weighted by Crippen LogP contribution is -2.46. The Labute approximate surface area is 326 Å². The minimum Gasteiger partial charge on any atom is -0.481 e. The van der Waals surface area contributed by atoms with E-state index in [0.29, 0.717) is 12.8 Å². The van der Waals surface area contributed by atoms with Gasteiger partial charge in [-0.15, -0.1) is 0 Å². The lowest BCUT2D eigenvalue weighted by molar-refractivity contribution is -0.160. The van der Waals surface area contributed by atoms with Crippen LogP contribution >= 0.6 is 0 Å². The van der Waals surface area contributed by atoms with Crippen LogP contribution in [-0.4, -0.2) is 69.7 Å². The number of ether oxygens (including phenoxy) is 3. The van der Waals surface area contributed by atoms with Crippen molar-refractivity contribution in [2.75, 3.05) is 0 Å². The first kappa shape index (κ1) is 50.8. The van der Waals surface area contributed by atoms with Gasteiger partial charge in [0.2, 0.25) is 11.8 Å². The number of amides is 2. The number of nitrogens with one attached hydrogen (secondary N) is 2. The molecule has 0 aliphatic heterocycles. The van der Waals surface area contributed by atoms with Crippen molar-refractivity contribution in [3.8, 4) is 0 Å². The fourth-order valence-electron chi connectivity index (χ4n) is 5.74. The minimum absolute atomic E-state index is 0.0504. The van der Waals surface area contributed by atoms with Gasteiger partial charge in [0.1, 0.15) is 28.9 Å². The topological polar surface area (TPSA) is 174 Å². The van der Waals surface area contributed by atoms with E-state index in [2.05, 4.69) is 10.6 Å². The number of carboxylic acids is 1. The zero-order valence-electron chi connectivity index (χ0n) is 35.3. The molecule has 0 bridgehead atoms. The second-order valence-corrected chi connectivity index (χ2v) is 17.5. The quantitative estimate of drug-likeness (QED) is 0.0380. The molecule has 0 fully saturated rings. The van der Waals surface area contributed by atoms with Crippen LogP contribution in [0.5, 0.6) is 0 Å². The lowest BCUT2D eigenvalue weighted by atomic mass is 10.0. The molecule has 2 atom stereocenters. The Balaban J connectivity index is 4.32. The highest BCUT2D eigenvalue weighted by Gasteiger charge is 2.30. The minimum atomic E-state index is -1.16. The predicted molar refractivity (Wildman–Crippen MR) is 211 cm³/mol. The van der Waals surface area contributed by atoms with Crippen molar-refractivity contribution in [1.29, 1.82) is 0 Å². The summed E-state index contributed by atoms with van der Waals surface area (Å²) in [5, 5.41) is 14.3. The molecule has 12 nitrogen and oxygen atoms in total. The van der Waals surface area contributed by atoms with Crippen LogP contribution in [0.25, 0.3) is 0 Å². The van der Waals surface area contributed by atoms with E-state index in [-0.39, 0.29) is 44.0 Å². The second-order valence-electron chi connectivity index (χ2n) is 17.5. The number of unbranched alkanes of at least 4 members (excludes halogenated alkanes) is 15. The molecular weight excluding hydrogens is 692 g/mol. The zero-order valence-corrected chi connectivity index (χ0v) is 35.3. The van der Waals surface area contributed by atoms with E-state index < -0.39 is 52.7 Å². The summed E-state index contributed by atoms with van der Waals surface area (Å²) in [6.45, 7) is 15.9. The van der Waals surface area contributed by atoms with Crippen molar-refractivity contribution in [3.05, 3.63) is 0 Å². The molecule has 0 aromatic heterocycles. The Kier molecular flexibility index (Phi) is 25.8. The van der Waals surface area contributed by atoms with Crippen molar-refractivity contribution in [3.63, 3.8) is 0 Å². The van der Waals surface area contributed by atoms with Gasteiger partial charge in [-0.2, -0.15) is 0 Å². The molecule has 1 unspecified atom stereocenters. The molecule has 0 saturated carbocycles. The molecule has 0 aliphatic carbocycles. The molecule has 2 amide bonds. The fraction of sp³-hybridized carbons (Fsp3) is 0.857. The third-order valence-corrected chi connectivity index (χ3v) is 8.31. The van der Waals surface area contributed by atoms with E-state index in [1.807, 2.05) is 20.8 Å². The Morgan fingerprint density at radius 1 is 0.426 bits per heavy atom. The van der Waals surface area contributed by atoms with Gasteiger partial charge in [0.25, 0.3) is 0 Å². The molecule has 54 heavy (non-hydrogen) atoms. The average molecular weight is 769 g/mol. The first-order chi connectivity index (χ1) is 25.1. The van der Waals surface area contributed by atoms with Crippen molar-refractivity contribution >= 4 is 35.7 Å². The zero-order chi connectivity index (χ0) is 41.2. The molecule has 0 aromatic rings. The molecule has 0 radical (unpaired) electrons. The number of aliphatic carboxylic acids is 1. The molecule has 0 heterocycles. The van der Waals surface area contributed by atoms with E-state index in [1.54, 1.807) is 41.5 Å². The predicted octanol–water partition coefficient (Wildman–Crippen LogP) is 8.65. The average Bonchev–Trinajstić information content (AvgIpc) is 3.01. The highest BCUT2D eigenvalue weighted by atomic mass is 16.6.